The molecule has 4 rings (SSSR count). The Kier molecular flexibility index (Phi) is 8.04. The second kappa shape index (κ2) is 11.0. The molecule has 228 valence electrons. The number of rotatable bonds is 7. The summed E-state index contributed by atoms with van der Waals surface area (Å²) in [5.41, 5.74) is -4.97. The molecule has 17 heteroatoms. The minimum Gasteiger partial charge on any atom is -0.505 e. The molecule has 1 unspecified atom stereocenters. The minimum atomic E-state index is -4.45. The molecule has 3 aliphatic rings. The highest BCUT2D eigenvalue weighted by molar-refractivity contribution is 6.11. The van der Waals surface area contributed by atoms with Gasteiger partial charge in [0.1, 0.15) is 5.82 Å². The molecule has 1 aromatic rings. The number of aliphatic hydroxyl groups excluding tert-OH is 3. The topological polar surface area (TPSA) is 253 Å². The van der Waals surface area contributed by atoms with Crippen LogP contribution in [0, 0.1) is 5.82 Å². The number of hydrogen-bond donors (Lipinski definition) is 10. The van der Waals surface area contributed by atoms with Crippen LogP contribution in [0.5, 0.6) is 0 Å². The third-order valence-electron chi connectivity index (χ3n) is 7.17. The number of amides is 3. The van der Waals surface area contributed by atoms with Crippen molar-refractivity contribution in [2.75, 3.05) is 32.8 Å². The number of halogens is 1. The van der Waals surface area contributed by atoms with Crippen molar-refractivity contribution in [3.63, 3.8) is 0 Å². The Balaban J connectivity index is 1.64. The quantitative estimate of drug-likeness (QED) is 0.0650. The summed E-state index contributed by atoms with van der Waals surface area (Å²) < 4.78 is 20.1. The fraction of sp³-hybridized carbons (Fsp3) is 0.400. The zero-order chi connectivity index (χ0) is 31.2. The Bertz CT molecular complexity index is 1400. The molecular weight excluding hydrogens is 567 g/mol. The molecule has 1 aromatic carbocycles. The standard InChI is InChI=1S/C25H29FN4O12/c1-12(31)18(32)17-15(11-30(20(17)34)23(37)21(35)28-22(36)24(38,39)25(23,40)41)19(33)27-9-14-3-2-13(8-16(14)26)10-29-4-6-42-7-5-29/h2-3,8,27,31-33,37-41H,1,4-7,9-11H2,(H,28,35,36)/b18-17-,19-15-. The first kappa shape index (κ1) is 30.8. The third kappa shape index (κ3) is 4.96. The van der Waals surface area contributed by atoms with E-state index in [1.165, 1.54) is 17.4 Å². The van der Waals surface area contributed by atoms with Crippen molar-refractivity contribution in [3.8, 4) is 0 Å². The maximum atomic E-state index is 14.8. The molecule has 42 heavy (non-hydrogen) atoms. The molecule has 0 saturated carbocycles. The molecule has 3 heterocycles. The number of imide groups is 1. The number of likely N-dealkylation sites (tertiary alicyclic amines) is 1. The molecule has 0 aliphatic carbocycles. The molecular formula is C25H29FN4O12. The van der Waals surface area contributed by atoms with Gasteiger partial charge in [-0.15, -0.1) is 0 Å². The lowest BCUT2D eigenvalue weighted by Gasteiger charge is -2.49. The predicted molar refractivity (Wildman–Crippen MR) is 135 cm³/mol. The van der Waals surface area contributed by atoms with Gasteiger partial charge in [0.25, 0.3) is 29.2 Å². The summed E-state index contributed by atoms with van der Waals surface area (Å²) in [6, 6.07) is 4.39. The van der Waals surface area contributed by atoms with Gasteiger partial charge in [-0.3, -0.25) is 29.5 Å². The third-order valence-corrected chi connectivity index (χ3v) is 7.17. The van der Waals surface area contributed by atoms with E-state index in [2.05, 4.69) is 16.8 Å². The van der Waals surface area contributed by atoms with Crippen LogP contribution in [-0.4, -0.2) is 119 Å². The van der Waals surface area contributed by atoms with Crippen LogP contribution < -0.4 is 10.6 Å². The Morgan fingerprint density at radius 3 is 2.29 bits per heavy atom. The summed E-state index contributed by atoms with van der Waals surface area (Å²) in [4.78, 5) is 39.5. The first-order valence-electron chi connectivity index (χ1n) is 12.4. The molecule has 3 saturated heterocycles. The Labute approximate surface area is 236 Å². The van der Waals surface area contributed by atoms with E-state index in [0.717, 1.165) is 0 Å². The Hall–Kier alpha value is -4.10. The van der Waals surface area contributed by atoms with Gasteiger partial charge in [-0.1, -0.05) is 18.7 Å². The molecule has 3 aliphatic heterocycles. The van der Waals surface area contributed by atoms with E-state index in [9.17, 15) is 59.6 Å². The zero-order valence-electron chi connectivity index (χ0n) is 21.9. The van der Waals surface area contributed by atoms with E-state index < -0.39 is 82.5 Å². The largest absolute Gasteiger partial charge is 0.505 e. The summed E-state index contributed by atoms with van der Waals surface area (Å²) in [5, 5.41) is 85.9. The van der Waals surface area contributed by atoms with Crippen LogP contribution in [0.3, 0.4) is 0 Å². The molecule has 3 fully saturated rings. The van der Waals surface area contributed by atoms with Crippen LogP contribution in [0.1, 0.15) is 11.1 Å². The van der Waals surface area contributed by atoms with Gasteiger partial charge in [0.2, 0.25) is 0 Å². The van der Waals surface area contributed by atoms with Crippen molar-refractivity contribution < 1.29 is 64.4 Å². The van der Waals surface area contributed by atoms with Gasteiger partial charge in [-0.2, -0.15) is 0 Å². The molecule has 16 nitrogen and oxygen atoms in total. The second-order valence-electron chi connectivity index (χ2n) is 9.86. The molecule has 0 radical (unpaired) electrons. The summed E-state index contributed by atoms with van der Waals surface area (Å²) in [5.74, 6) is -18.4. The predicted octanol–water partition coefficient (Wildman–Crippen LogP) is -3.05. The maximum Gasteiger partial charge on any atom is 0.306 e. The molecule has 0 bridgehead atoms. The zero-order valence-corrected chi connectivity index (χ0v) is 21.9. The first-order valence-corrected chi connectivity index (χ1v) is 12.4. The Morgan fingerprint density at radius 2 is 1.69 bits per heavy atom. The van der Waals surface area contributed by atoms with Crippen molar-refractivity contribution in [1.82, 2.24) is 20.4 Å². The van der Waals surface area contributed by atoms with Crippen LogP contribution in [0.4, 0.5) is 4.39 Å². The summed E-state index contributed by atoms with van der Waals surface area (Å²) in [7, 11) is 0. The lowest BCUT2D eigenvalue weighted by molar-refractivity contribution is -0.407. The lowest BCUT2D eigenvalue weighted by atomic mass is 9.87. The van der Waals surface area contributed by atoms with Crippen molar-refractivity contribution >= 4 is 17.7 Å². The fourth-order valence-corrected chi connectivity index (χ4v) is 4.70. The average Bonchev–Trinajstić information content (AvgIpc) is 3.28. The number of piperidine rings is 1. The van der Waals surface area contributed by atoms with Crippen LogP contribution in [0.2, 0.25) is 0 Å². The molecule has 10 N–H and O–H groups in total. The number of carbonyl (C=O) groups is 3. The van der Waals surface area contributed by atoms with Gasteiger partial charge < -0.3 is 50.9 Å². The number of ether oxygens (including phenoxy) is 1. The highest BCUT2D eigenvalue weighted by Crippen LogP contribution is 2.41. The smallest absolute Gasteiger partial charge is 0.306 e. The number of hydrogen-bond acceptors (Lipinski definition) is 14. The minimum absolute atomic E-state index is 0.0502. The van der Waals surface area contributed by atoms with Gasteiger partial charge in [0, 0.05) is 37.3 Å². The summed E-state index contributed by atoms with van der Waals surface area (Å²) in [6.45, 7) is 4.46. The van der Waals surface area contributed by atoms with Crippen LogP contribution in [-0.2, 0) is 32.2 Å². The van der Waals surface area contributed by atoms with Crippen LogP contribution in [0.15, 0.2) is 53.3 Å². The van der Waals surface area contributed by atoms with E-state index in [0.29, 0.717) is 38.4 Å². The van der Waals surface area contributed by atoms with Gasteiger partial charge in [-0.25, -0.2) is 4.39 Å². The van der Waals surface area contributed by atoms with Gasteiger partial charge in [0.05, 0.1) is 25.3 Å². The number of nitrogens with zero attached hydrogens (tertiary/aromatic N) is 2. The fourth-order valence-electron chi connectivity index (χ4n) is 4.70. The van der Waals surface area contributed by atoms with Crippen LogP contribution >= 0.6 is 0 Å². The SMILES string of the molecule is C=C(O)/C(O)=C1/C(=O)N(C2(O)C(=O)NC(=O)C(O)(O)C2(O)O)C/C1=C(/O)NCc1ccc(CN2CCOCC2)cc1F. The van der Waals surface area contributed by atoms with Crippen molar-refractivity contribution in [1.29, 1.82) is 0 Å². The monoisotopic (exact) mass is 596 g/mol. The molecule has 0 aromatic heterocycles. The average molecular weight is 597 g/mol. The number of nitrogens with one attached hydrogen (secondary N) is 2. The van der Waals surface area contributed by atoms with Gasteiger partial charge in [-0.05, 0) is 11.6 Å². The van der Waals surface area contributed by atoms with Crippen LogP contribution in [0.25, 0.3) is 0 Å². The number of morpholine rings is 1. The first-order chi connectivity index (χ1) is 19.5. The Morgan fingerprint density at radius 1 is 1.05 bits per heavy atom. The van der Waals surface area contributed by atoms with E-state index in [-0.39, 0.29) is 10.5 Å². The van der Waals surface area contributed by atoms with E-state index >= 15 is 0 Å². The molecule has 0 spiro atoms. The van der Waals surface area contributed by atoms with Gasteiger partial charge in [0.15, 0.2) is 17.4 Å². The molecule has 1 atom stereocenters. The van der Waals surface area contributed by atoms with E-state index in [1.54, 1.807) is 6.07 Å². The number of aliphatic hydroxyl groups is 8. The van der Waals surface area contributed by atoms with Crippen molar-refractivity contribution in [2.45, 2.75) is 30.4 Å². The van der Waals surface area contributed by atoms with Gasteiger partial charge >= 0.3 is 5.79 Å². The summed E-state index contributed by atoms with van der Waals surface area (Å²) >= 11 is 0. The second-order valence-corrected chi connectivity index (χ2v) is 9.86. The van der Waals surface area contributed by atoms with E-state index in [1.807, 2.05) is 0 Å². The lowest BCUT2D eigenvalue weighted by Crippen LogP contribution is -2.85. The number of benzene rings is 1. The normalized spacial score (nSPS) is 26.6. The van der Waals surface area contributed by atoms with E-state index in [4.69, 9.17) is 4.74 Å². The summed E-state index contributed by atoms with van der Waals surface area (Å²) in [6.07, 6.45) is 0. The highest BCUT2D eigenvalue weighted by atomic mass is 19.1. The van der Waals surface area contributed by atoms with Crippen molar-refractivity contribution in [3.05, 3.63) is 70.3 Å². The molecule has 3 amide bonds. The number of carbonyl (C=O) groups excluding carboxylic acids is 3. The maximum absolute atomic E-state index is 14.8. The van der Waals surface area contributed by atoms with Crippen molar-refractivity contribution in [2.24, 2.45) is 0 Å². The highest BCUT2D eigenvalue weighted by Gasteiger charge is 2.76.